The first kappa shape index (κ1) is 12.9. The van der Waals surface area contributed by atoms with E-state index >= 15 is 0 Å². The Kier molecular flexibility index (Phi) is 3.31. The Morgan fingerprint density at radius 1 is 1.35 bits per heavy atom. The Balaban J connectivity index is 1.94. The Morgan fingerprint density at radius 2 is 2.15 bits per heavy atom. The highest BCUT2D eigenvalue weighted by Crippen LogP contribution is 2.19. The maximum atomic E-state index is 11.9. The van der Waals surface area contributed by atoms with Crippen molar-refractivity contribution in [1.29, 1.82) is 0 Å². The largest absolute Gasteiger partial charge is 0.421 e. The first-order valence-electron chi connectivity index (χ1n) is 6.78. The molecule has 0 spiro atoms. The lowest BCUT2D eigenvalue weighted by atomic mass is 10.0. The molecule has 2 N–H and O–H groups in total. The van der Waals surface area contributed by atoms with E-state index in [2.05, 4.69) is 0 Å². The fraction of sp³-hybridized carbons (Fsp3) is 0.429. The summed E-state index contributed by atoms with van der Waals surface area (Å²) < 4.78 is 6.75. The van der Waals surface area contributed by atoms with Crippen molar-refractivity contribution in [3.63, 3.8) is 0 Å². The molecule has 2 aromatic rings. The Labute approximate surface area is 115 Å². The topological polar surface area (TPSA) is 81.5 Å². The standard InChI is InChI=1S/C14H17N3O3/c15-13(18)11-6-3-4-8-16(11)9-17-10-5-1-2-7-12(10)20-14(17)19/h1-2,5,7,11H,3-4,6,8-9H2,(H2,15,18)/t11-/m0/s1. The molecule has 2 heterocycles. The zero-order valence-electron chi connectivity index (χ0n) is 11.1. The van der Waals surface area contributed by atoms with E-state index in [4.69, 9.17) is 10.2 Å². The highest BCUT2D eigenvalue weighted by molar-refractivity contribution is 5.80. The molecule has 3 rings (SSSR count). The number of oxazole rings is 1. The number of fused-ring (bicyclic) bond motifs is 1. The third-order valence-corrected chi connectivity index (χ3v) is 3.84. The van der Waals surface area contributed by atoms with Gasteiger partial charge in [-0.3, -0.25) is 14.3 Å². The molecule has 1 saturated heterocycles. The van der Waals surface area contributed by atoms with Crippen molar-refractivity contribution in [3.8, 4) is 0 Å². The lowest BCUT2D eigenvalue weighted by molar-refractivity contribution is -0.125. The van der Waals surface area contributed by atoms with Gasteiger partial charge in [-0.2, -0.15) is 0 Å². The average molecular weight is 275 g/mol. The van der Waals surface area contributed by atoms with Gasteiger partial charge in [0, 0.05) is 6.54 Å². The monoisotopic (exact) mass is 275 g/mol. The molecule has 6 nitrogen and oxygen atoms in total. The minimum atomic E-state index is -0.403. The van der Waals surface area contributed by atoms with E-state index in [0.29, 0.717) is 12.3 Å². The fourth-order valence-electron chi connectivity index (χ4n) is 2.81. The van der Waals surface area contributed by atoms with Crippen LogP contribution >= 0.6 is 0 Å². The van der Waals surface area contributed by atoms with E-state index < -0.39 is 5.76 Å². The van der Waals surface area contributed by atoms with Crippen LogP contribution in [0.3, 0.4) is 0 Å². The van der Waals surface area contributed by atoms with Gasteiger partial charge < -0.3 is 10.2 Å². The molecule has 0 radical (unpaired) electrons. The number of para-hydroxylation sites is 2. The number of piperidine rings is 1. The second-order valence-electron chi connectivity index (χ2n) is 5.13. The average Bonchev–Trinajstić information content (AvgIpc) is 2.76. The van der Waals surface area contributed by atoms with Crippen molar-refractivity contribution < 1.29 is 9.21 Å². The number of hydrogen-bond donors (Lipinski definition) is 1. The van der Waals surface area contributed by atoms with Crippen LogP contribution in [0.15, 0.2) is 33.5 Å². The summed E-state index contributed by atoms with van der Waals surface area (Å²) >= 11 is 0. The van der Waals surface area contributed by atoms with Crippen LogP contribution in [0.5, 0.6) is 0 Å². The Hall–Kier alpha value is -2.08. The second-order valence-corrected chi connectivity index (χ2v) is 5.13. The second kappa shape index (κ2) is 5.13. The molecule has 0 aliphatic carbocycles. The van der Waals surface area contributed by atoms with Gasteiger partial charge in [0.2, 0.25) is 5.91 Å². The summed E-state index contributed by atoms with van der Waals surface area (Å²) in [6.45, 7) is 1.10. The summed E-state index contributed by atoms with van der Waals surface area (Å²) in [6, 6.07) is 6.97. The van der Waals surface area contributed by atoms with Crippen molar-refractivity contribution in [1.82, 2.24) is 9.47 Å². The zero-order valence-corrected chi connectivity index (χ0v) is 11.1. The van der Waals surface area contributed by atoms with E-state index in [-0.39, 0.29) is 11.9 Å². The van der Waals surface area contributed by atoms with Crippen LogP contribution in [-0.2, 0) is 11.5 Å². The molecule has 106 valence electrons. The van der Waals surface area contributed by atoms with Gasteiger partial charge in [0.15, 0.2) is 5.58 Å². The van der Waals surface area contributed by atoms with Gasteiger partial charge in [0.1, 0.15) is 0 Å². The normalized spacial score (nSPS) is 20.3. The van der Waals surface area contributed by atoms with Crippen LogP contribution in [0.4, 0.5) is 0 Å². The van der Waals surface area contributed by atoms with Gasteiger partial charge in [0.25, 0.3) is 0 Å². The number of amides is 1. The van der Waals surface area contributed by atoms with Gasteiger partial charge in [-0.15, -0.1) is 0 Å². The Bertz CT molecular complexity index is 688. The lowest BCUT2D eigenvalue weighted by Gasteiger charge is -2.33. The van der Waals surface area contributed by atoms with Crippen molar-refractivity contribution in [3.05, 3.63) is 34.8 Å². The molecule has 1 aromatic carbocycles. The third kappa shape index (κ3) is 2.22. The quantitative estimate of drug-likeness (QED) is 0.902. The number of carbonyl (C=O) groups is 1. The van der Waals surface area contributed by atoms with E-state index in [1.807, 2.05) is 23.1 Å². The molecule has 6 heteroatoms. The van der Waals surface area contributed by atoms with Gasteiger partial charge in [-0.05, 0) is 25.0 Å². The highest BCUT2D eigenvalue weighted by atomic mass is 16.4. The molecule has 1 aromatic heterocycles. The molecule has 1 aliphatic rings. The predicted molar refractivity (Wildman–Crippen MR) is 74.0 cm³/mol. The molecule has 0 bridgehead atoms. The number of carbonyl (C=O) groups excluding carboxylic acids is 1. The fourth-order valence-corrected chi connectivity index (χ4v) is 2.81. The molecule has 1 atom stereocenters. The molecule has 1 aliphatic heterocycles. The minimum Gasteiger partial charge on any atom is -0.408 e. The number of rotatable bonds is 3. The van der Waals surface area contributed by atoms with Crippen molar-refractivity contribution in [2.45, 2.75) is 32.0 Å². The van der Waals surface area contributed by atoms with Crippen molar-refractivity contribution in [2.24, 2.45) is 5.73 Å². The van der Waals surface area contributed by atoms with Gasteiger partial charge in [0.05, 0.1) is 18.2 Å². The summed E-state index contributed by atoms with van der Waals surface area (Å²) in [5.74, 6) is -0.731. The molecular formula is C14H17N3O3. The summed E-state index contributed by atoms with van der Waals surface area (Å²) in [4.78, 5) is 25.4. The number of aromatic nitrogens is 1. The van der Waals surface area contributed by atoms with E-state index in [0.717, 1.165) is 31.3 Å². The minimum absolute atomic E-state index is 0.302. The van der Waals surface area contributed by atoms with Gasteiger partial charge in [-0.25, -0.2) is 4.79 Å². The SMILES string of the molecule is NC(=O)[C@@H]1CCCCN1Cn1c(=O)oc2ccccc21. The summed E-state index contributed by atoms with van der Waals surface area (Å²) in [6.07, 6.45) is 2.75. The summed E-state index contributed by atoms with van der Waals surface area (Å²) in [5.41, 5.74) is 6.75. The van der Waals surface area contributed by atoms with Crippen LogP contribution < -0.4 is 11.5 Å². The van der Waals surface area contributed by atoms with Crippen LogP contribution in [0.2, 0.25) is 0 Å². The van der Waals surface area contributed by atoms with Gasteiger partial charge >= 0.3 is 5.76 Å². The maximum Gasteiger partial charge on any atom is 0.421 e. The number of hydrogen-bond acceptors (Lipinski definition) is 4. The number of primary amides is 1. The molecule has 1 amide bonds. The summed E-state index contributed by atoms with van der Waals surface area (Å²) in [5, 5.41) is 0. The molecule has 0 unspecified atom stereocenters. The van der Waals surface area contributed by atoms with Gasteiger partial charge in [-0.1, -0.05) is 18.6 Å². The molecule has 0 saturated carbocycles. The molecule has 20 heavy (non-hydrogen) atoms. The number of likely N-dealkylation sites (tertiary alicyclic amines) is 1. The van der Waals surface area contributed by atoms with Crippen molar-refractivity contribution >= 4 is 17.0 Å². The van der Waals surface area contributed by atoms with Crippen LogP contribution in [0.25, 0.3) is 11.1 Å². The van der Waals surface area contributed by atoms with Crippen LogP contribution in [0, 0.1) is 0 Å². The van der Waals surface area contributed by atoms with E-state index in [1.165, 1.54) is 0 Å². The molecule has 1 fully saturated rings. The number of nitrogens with two attached hydrogens (primary N) is 1. The lowest BCUT2D eigenvalue weighted by Crippen LogP contribution is -2.48. The Morgan fingerprint density at radius 3 is 2.95 bits per heavy atom. The first-order chi connectivity index (χ1) is 9.66. The molecular weight excluding hydrogens is 258 g/mol. The maximum absolute atomic E-state index is 11.9. The highest BCUT2D eigenvalue weighted by Gasteiger charge is 2.27. The zero-order chi connectivity index (χ0) is 14.1. The smallest absolute Gasteiger partial charge is 0.408 e. The summed E-state index contributed by atoms with van der Waals surface area (Å²) in [7, 11) is 0. The van der Waals surface area contributed by atoms with Crippen LogP contribution in [0.1, 0.15) is 19.3 Å². The van der Waals surface area contributed by atoms with Crippen molar-refractivity contribution in [2.75, 3.05) is 6.54 Å². The van der Waals surface area contributed by atoms with Crippen LogP contribution in [-0.4, -0.2) is 28.0 Å². The van der Waals surface area contributed by atoms with E-state index in [9.17, 15) is 9.59 Å². The third-order valence-electron chi connectivity index (χ3n) is 3.84. The number of benzene rings is 1. The predicted octanol–water partition coefficient (Wildman–Crippen LogP) is 0.892. The van der Waals surface area contributed by atoms with E-state index in [1.54, 1.807) is 10.6 Å². The first-order valence-corrected chi connectivity index (χ1v) is 6.78. The number of nitrogens with zero attached hydrogens (tertiary/aromatic N) is 2.